The highest BCUT2D eigenvalue weighted by Gasteiger charge is 2.21. The van der Waals surface area contributed by atoms with Crippen LogP contribution in [-0.4, -0.2) is 19.8 Å². The molecule has 0 atom stereocenters. The maximum absolute atomic E-state index is 11.2. The molecule has 0 spiro atoms. The van der Waals surface area contributed by atoms with Crippen LogP contribution in [0, 0.1) is 0 Å². The molecule has 1 rings (SSSR count). The molecule has 4 nitrogen and oxygen atoms in total. The van der Waals surface area contributed by atoms with Crippen LogP contribution in [0.1, 0.15) is 26.3 Å². The van der Waals surface area contributed by atoms with Gasteiger partial charge in [-0.2, -0.15) is 0 Å². The molecule has 0 aliphatic heterocycles. The largest absolute Gasteiger partial charge is 0.506 e. The smallest absolute Gasteiger partial charge is 0.229 e. The molecule has 16 heavy (non-hydrogen) atoms. The lowest BCUT2D eigenvalue weighted by Crippen LogP contribution is -2.18. The van der Waals surface area contributed by atoms with Gasteiger partial charge < -0.3 is 5.11 Å². The monoisotopic (exact) mass is 243 g/mol. The fourth-order valence-corrected chi connectivity index (χ4v) is 2.04. The zero-order chi connectivity index (χ0) is 12.6. The zero-order valence-corrected chi connectivity index (χ0v) is 10.7. The Labute approximate surface area is 96.4 Å². The average molecular weight is 243 g/mol. The van der Waals surface area contributed by atoms with E-state index in [4.69, 9.17) is 0 Å². The van der Waals surface area contributed by atoms with Crippen molar-refractivity contribution in [3.05, 3.63) is 23.8 Å². The first-order chi connectivity index (χ1) is 7.11. The van der Waals surface area contributed by atoms with Crippen LogP contribution in [-0.2, 0) is 15.4 Å². The van der Waals surface area contributed by atoms with Crippen molar-refractivity contribution in [1.82, 2.24) is 0 Å². The highest BCUT2D eigenvalue weighted by atomic mass is 32.2. The number of benzene rings is 1. The minimum atomic E-state index is -3.39. The first-order valence-corrected chi connectivity index (χ1v) is 6.80. The summed E-state index contributed by atoms with van der Waals surface area (Å²) in [5.41, 5.74) is 0.779. The van der Waals surface area contributed by atoms with E-state index in [1.54, 1.807) is 12.1 Å². The standard InChI is InChI=1S/C11H17NO3S/c1-11(2,3)8-6-5-7-9(13)10(8)12-16(4,14)15/h5-7,12-13H,1-4H3. The molecule has 0 aliphatic carbocycles. The fourth-order valence-electron chi connectivity index (χ4n) is 1.46. The van der Waals surface area contributed by atoms with Crippen molar-refractivity contribution in [3.8, 4) is 5.75 Å². The molecule has 0 aromatic heterocycles. The highest BCUT2D eigenvalue weighted by Crippen LogP contribution is 2.35. The van der Waals surface area contributed by atoms with Crippen molar-refractivity contribution in [2.24, 2.45) is 0 Å². The maximum Gasteiger partial charge on any atom is 0.229 e. The van der Waals surface area contributed by atoms with Crippen molar-refractivity contribution in [2.45, 2.75) is 26.2 Å². The minimum Gasteiger partial charge on any atom is -0.506 e. The number of sulfonamides is 1. The number of phenols is 1. The molecule has 90 valence electrons. The third-order valence-corrected chi connectivity index (χ3v) is 2.71. The molecule has 0 fully saturated rings. The van der Waals surface area contributed by atoms with Crippen LogP contribution >= 0.6 is 0 Å². The van der Waals surface area contributed by atoms with E-state index in [1.807, 2.05) is 20.8 Å². The number of anilines is 1. The number of rotatable bonds is 2. The van der Waals surface area contributed by atoms with Gasteiger partial charge in [-0.3, -0.25) is 4.72 Å². The first-order valence-electron chi connectivity index (χ1n) is 4.91. The highest BCUT2D eigenvalue weighted by molar-refractivity contribution is 7.92. The number of nitrogens with one attached hydrogen (secondary N) is 1. The summed E-state index contributed by atoms with van der Waals surface area (Å²) in [7, 11) is -3.39. The Morgan fingerprint density at radius 2 is 1.81 bits per heavy atom. The lowest BCUT2D eigenvalue weighted by Gasteiger charge is -2.23. The molecule has 0 bridgehead atoms. The van der Waals surface area contributed by atoms with Gasteiger partial charge >= 0.3 is 0 Å². The Bertz CT molecular complexity index is 486. The van der Waals surface area contributed by atoms with Gasteiger partial charge in [-0.15, -0.1) is 0 Å². The first kappa shape index (κ1) is 12.8. The second-order valence-corrected chi connectivity index (χ2v) is 6.57. The van der Waals surface area contributed by atoms with Crippen LogP contribution in [0.15, 0.2) is 18.2 Å². The average Bonchev–Trinajstić information content (AvgIpc) is 2.04. The number of aromatic hydroxyl groups is 1. The maximum atomic E-state index is 11.2. The Hall–Kier alpha value is -1.23. The zero-order valence-electron chi connectivity index (χ0n) is 9.90. The van der Waals surface area contributed by atoms with Crippen LogP contribution in [0.4, 0.5) is 5.69 Å². The van der Waals surface area contributed by atoms with E-state index in [0.717, 1.165) is 11.8 Å². The Balaban J connectivity index is 3.36. The Kier molecular flexibility index (Phi) is 3.19. The second kappa shape index (κ2) is 3.97. The summed E-state index contributed by atoms with van der Waals surface area (Å²) in [6.07, 6.45) is 1.06. The molecule has 0 heterocycles. The van der Waals surface area contributed by atoms with Gasteiger partial charge in [0.15, 0.2) is 0 Å². The summed E-state index contributed by atoms with van der Waals surface area (Å²) in [4.78, 5) is 0. The topological polar surface area (TPSA) is 66.4 Å². The lowest BCUT2D eigenvalue weighted by molar-refractivity contribution is 0.474. The van der Waals surface area contributed by atoms with Crippen molar-refractivity contribution >= 4 is 15.7 Å². The molecular formula is C11H17NO3S. The minimum absolute atomic E-state index is 0.0575. The SMILES string of the molecule is CC(C)(C)c1cccc(O)c1NS(C)(=O)=O. The second-order valence-electron chi connectivity index (χ2n) is 4.82. The van der Waals surface area contributed by atoms with Gasteiger partial charge in [0.25, 0.3) is 0 Å². The molecule has 1 aromatic carbocycles. The summed E-state index contributed by atoms with van der Waals surface area (Å²) in [5.74, 6) is -0.0575. The van der Waals surface area contributed by atoms with Crippen LogP contribution in [0.5, 0.6) is 5.75 Å². The van der Waals surface area contributed by atoms with Crippen LogP contribution in [0.25, 0.3) is 0 Å². The number of hydrogen-bond acceptors (Lipinski definition) is 3. The van der Waals surface area contributed by atoms with Crippen molar-refractivity contribution in [1.29, 1.82) is 0 Å². The van der Waals surface area contributed by atoms with E-state index in [2.05, 4.69) is 4.72 Å². The molecule has 0 saturated heterocycles. The van der Waals surface area contributed by atoms with Gasteiger partial charge in [-0.1, -0.05) is 32.9 Å². The van der Waals surface area contributed by atoms with Crippen LogP contribution < -0.4 is 4.72 Å². The summed E-state index contributed by atoms with van der Waals surface area (Å²) >= 11 is 0. The molecule has 0 aliphatic rings. The fraction of sp³-hybridized carbons (Fsp3) is 0.455. The molecule has 2 N–H and O–H groups in total. The molecule has 0 radical (unpaired) electrons. The molecular weight excluding hydrogens is 226 g/mol. The van der Waals surface area contributed by atoms with E-state index < -0.39 is 10.0 Å². The van der Waals surface area contributed by atoms with Crippen molar-refractivity contribution < 1.29 is 13.5 Å². The van der Waals surface area contributed by atoms with Gasteiger partial charge in [0.1, 0.15) is 5.75 Å². The van der Waals surface area contributed by atoms with Gasteiger partial charge in [0.2, 0.25) is 10.0 Å². The van der Waals surface area contributed by atoms with Crippen molar-refractivity contribution in [2.75, 3.05) is 11.0 Å². The summed E-state index contributed by atoms with van der Waals surface area (Å²) < 4.78 is 24.8. The molecule has 0 amide bonds. The van der Waals surface area contributed by atoms with E-state index >= 15 is 0 Å². The van der Waals surface area contributed by atoms with Gasteiger partial charge in [-0.25, -0.2) is 8.42 Å². The van der Waals surface area contributed by atoms with Gasteiger partial charge in [0, 0.05) is 0 Å². The third kappa shape index (κ3) is 3.13. The quantitative estimate of drug-likeness (QED) is 0.781. The summed E-state index contributed by atoms with van der Waals surface area (Å²) in [6, 6.07) is 4.96. The normalized spacial score (nSPS) is 12.5. The number of para-hydroxylation sites is 1. The van der Waals surface area contributed by atoms with Crippen LogP contribution in [0.2, 0.25) is 0 Å². The van der Waals surface area contributed by atoms with Crippen molar-refractivity contribution in [3.63, 3.8) is 0 Å². The summed E-state index contributed by atoms with van der Waals surface area (Å²) in [5, 5.41) is 9.69. The lowest BCUT2D eigenvalue weighted by atomic mass is 9.86. The molecule has 1 aromatic rings. The van der Waals surface area contributed by atoms with E-state index in [9.17, 15) is 13.5 Å². The third-order valence-electron chi connectivity index (χ3n) is 2.14. The van der Waals surface area contributed by atoms with Gasteiger partial charge in [-0.05, 0) is 17.0 Å². The molecule has 0 unspecified atom stereocenters. The Morgan fingerprint density at radius 1 is 1.25 bits per heavy atom. The molecule has 0 saturated carbocycles. The van der Waals surface area contributed by atoms with E-state index in [-0.39, 0.29) is 16.9 Å². The van der Waals surface area contributed by atoms with Gasteiger partial charge in [0.05, 0.1) is 11.9 Å². The Morgan fingerprint density at radius 3 is 2.25 bits per heavy atom. The van der Waals surface area contributed by atoms with E-state index in [1.165, 1.54) is 6.07 Å². The van der Waals surface area contributed by atoms with Crippen LogP contribution in [0.3, 0.4) is 0 Å². The number of hydrogen-bond donors (Lipinski definition) is 2. The number of phenolic OH excluding ortho intramolecular Hbond substituents is 1. The predicted octanol–water partition coefficient (Wildman–Crippen LogP) is 2.06. The predicted molar refractivity (Wildman–Crippen MR) is 65.3 cm³/mol. The molecule has 5 heteroatoms. The summed E-state index contributed by atoms with van der Waals surface area (Å²) in [6.45, 7) is 5.86. The van der Waals surface area contributed by atoms with E-state index in [0.29, 0.717) is 0 Å².